The smallest absolute Gasteiger partial charge is 0.273 e. The maximum atomic E-state index is 13.2. The van der Waals surface area contributed by atoms with Crippen LogP contribution in [0.4, 0.5) is 5.95 Å². The highest BCUT2D eigenvalue weighted by molar-refractivity contribution is 5.94. The van der Waals surface area contributed by atoms with Crippen LogP contribution >= 0.6 is 0 Å². The summed E-state index contributed by atoms with van der Waals surface area (Å²) in [5.41, 5.74) is 2.05. The summed E-state index contributed by atoms with van der Waals surface area (Å²) in [6, 6.07) is 1.48. The van der Waals surface area contributed by atoms with Gasteiger partial charge in [0.1, 0.15) is 11.7 Å². The van der Waals surface area contributed by atoms with E-state index in [2.05, 4.69) is 20.4 Å². The zero-order chi connectivity index (χ0) is 20.4. The van der Waals surface area contributed by atoms with Crippen molar-refractivity contribution in [3.05, 3.63) is 35.4 Å². The number of carbonyl (C=O) groups excluding carboxylic acids is 2. The van der Waals surface area contributed by atoms with Crippen LogP contribution in [0.3, 0.4) is 0 Å². The van der Waals surface area contributed by atoms with Crippen molar-refractivity contribution in [3.8, 4) is 0 Å². The van der Waals surface area contributed by atoms with Crippen LogP contribution in [0.5, 0.6) is 0 Å². The number of anilines is 1. The Balaban J connectivity index is 1.64. The molecule has 0 aromatic carbocycles. The Morgan fingerprint density at radius 1 is 1.17 bits per heavy atom. The van der Waals surface area contributed by atoms with E-state index >= 15 is 0 Å². The van der Waals surface area contributed by atoms with Crippen molar-refractivity contribution in [2.24, 2.45) is 0 Å². The van der Waals surface area contributed by atoms with Crippen LogP contribution in [0.1, 0.15) is 54.0 Å². The maximum Gasteiger partial charge on any atom is 0.273 e. The predicted octanol–water partition coefficient (Wildman–Crippen LogP) is 1.49. The van der Waals surface area contributed by atoms with Crippen LogP contribution in [-0.4, -0.2) is 68.0 Å². The number of hydrogen-bond acceptors (Lipinski definition) is 6. The summed E-state index contributed by atoms with van der Waals surface area (Å²) < 4.78 is 1.70. The van der Waals surface area contributed by atoms with E-state index in [1.807, 2.05) is 24.1 Å². The normalized spacial score (nSPS) is 17.2. The van der Waals surface area contributed by atoms with Gasteiger partial charge >= 0.3 is 0 Å². The second kappa shape index (κ2) is 8.18. The number of aromatic nitrogens is 4. The van der Waals surface area contributed by atoms with Gasteiger partial charge in [-0.2, -0.15) is 5.10 Å². The number of nitrogens with one attached hydrogen (secondary N) is 1. The molecule has 2 aliphatic heterocycles. The summed E-state index contributed by atoms with van der Waals surface area (Å²) in [4.78, 5) is 39.1. The topological polar surface area (TPSA) is 96.2 Å². The highest BCUT2D eigenvalue weighted by Crippen LogP contribution is 2.26. The summed E-state index contributed by atoms with van der Waals surface area (Å²) in [5.74, 6) is 0.402. The first-order valence-corrected chi connectivity index (χ1v) is 10.3. The minimum absolute atomic E-state index is 0.0131. The average molecular weight is 397 g/mol. The van der Waals surface area contributed by atoms with E-state index in [1.165, 1.54) is 0 Å². The molecule has 0 spiro atoms. The van der Waals surface area contributed by atoms with Gasteiger partial charge in [-0.15, -0.1) is 0 Å². The van der Waals surface area contributed by atoms with Gasteiger partial charge in [0.25, 0.3) is 5.91 Å². The standard InChI is InChI=1S/C20H27N7O2/c1-3-16(27-11-6-8-22-27)18(28)26-12-7-15-14(13-26)17(24-20(21-2)23-15)19(29)25-9-4-5-10-25/h6,8,11,16H,3-5,7,9-10,12-13H2,1-2H3,(H,21,23,24)/t16-/m1/s1. The summed E-state index contributed by atoms with van der Waals surface area (Å²) >= 11 is 0. The van der Waals surface area contributed by atoms with Gasteiger partial charge in [0.05, 0.1) is 5.69 Å². The van der Waals surface area contributed by atoms with Gasteiger partial charge in [-0.05, 0) is 25.3 Å². The summed E-state index contributed by atoms with van der Waals surface area (Å²) in [6.45, 7) is 4.41. The van der Waals surface area contributed by atoms with Gasteiger partial charge in [-0.25, -0.2) is 9.97 Å². The molecule has 154 valence electrons. The summed E-state index contributed by atoms with van der Waals surface area (Å²) in [5, 5.41) is 7.20. The van der Waals surface area contributed by atoms with E-state index < -0.39 is 0 Å². The number of fused-ring (bicyclic) bond motifs is 1. The van der Waals surface area contributed by atoms with Crippen LogP contribution in [0, 0.1) is 0 Å². The van der Waals surface area contributed by atoms with Crippen molar-refractivity contribution in [3.63, 3.8) is 0 Å². The molecule has 9 heteroatoms. The summed E-state index contributed by atoms with van der Waals surface area (Å²) in [7, 11) is 1.75. The molecule has 1 fully saturated rings. The molecule has 1 saturated heterocycles. The first kappa shape index (κ1) is 19.4. The number of hydrogen-bond donors (Lipinski definition) is 1. The lowest BCUT2D eigenvalue weighted by Crippen LogP contribution is -2.42. The lowest BCUT2D eigenvalue weighted by atomic mass is 10.0. The third-order valence-electron chi connectivity index (χ3n) is 5.71. The lowest BCUT2D eigenvalue weighted by molar-refractivity contribution is -0.136. The molecule has 2 aromatic rings. The minimum Gasteiger partial charge on any atom is -0.357 e. The average Bonchev–Trinajstić information content (AvgIpc) is 3.47. The molecule has 2 aliphatic rings. The number of carbonyl (C=O) groups is 2. The fourth-order valence-electron chi connectivity index (χ4n) is 4.11. The molecule has 9 nitrogen and oxygen atoms in total. The van der Waals surface area contributed by atoms with Gasteiger partial charge in [0.2, 0.25) is 11.9 Å². The van der Waals surface area contributed by atoms with Gasteiger partial charge < -0.3 is 15.1 Å². The van der Waals surface area contributed by atoms with Crippen LogP contribution in [0.2, 0.25) is 0 Å². The quantitative estimate of drug-likeness (QED) is 0.821. The molecule has 4 heterocycles. The van der Waals surface area contributed by atoms with Crippen molar-refractivity contribution < 1.29 is 9.59 Å². The lowest BCUT2D eigenvalue weighted by Gasteiger charge is -2.32. The van der Waals surface area contributed by atoms with Crippen LogP contribution in [-0.2, 0) is 17.8 Å². The van der Waals surface area contributed by atoms with E-state index in [0.717, 1.165) is 37.2 Å². The Labute approximate surface area is 170 Å². The number of rotatable bonds is 5. The second-order valence-corrected chi connectivity index (χ2v) is 7.49. The molecule has 4 rings (SSSR count). The first-order valence-electron chi connectivity index (χ1n) is 10.3. The molecular weight excluding hydrogens is 370 g/mol. The van der Waals surface area contributed by atoms with Gasteiger partial charge in [-0.3, -0.25) is 14.3 Å². The third kappa shape index (κ3) is 3.68. The Morgan fingerprint density at radius 2 is 1.97 bits per heavy atom. The fourth-order valence-corrected chi connectivity index (χ4v) is 4.11. The maximum absolute atomic E-state index is 13.2. The molecule has 0 unspecified atom stereocenters. The molecule has 1 N–H and O–H groups in total. The Bertz CT molecular complexity index is 890. The van der Waals surface area contributed by atoms with Gasteiger partial charge in [-0.1, -0.05) is 6.92 Å². The molecule has 0 aliphatic carbocycles. The zero-order valence-electron chi connectivity index (χ0n) is 17.0. The van der Waals surface area contributed by atoms with Crippen LogP contribution in [0.15, 0.2) is 18.5 Å². The van der Waals surface area contributed by atoms with Crippen molar-refractivity contribution in [2.45, 2.75) is 45.2 Å². The first-order chi connectivity index (χ1) is 14.1. The highest BCUT2D eigenvalue weighted by Gasteiger charge is 2.33. The van der Waals surface area contributed by atoms with E-state index in [-0.39, 0.29) is 17.9 Å². The van der Waals surface area contributed by atoms with Crippen LogP contribution in [0.25, 0.3) is 0 Å². The Hall–Kier alpha value is -2.97. The molecule has 0 bridgehead atoms. The van der Waals surface area contributed by atoms with E-state index in [1.54, 1.807) is 22.8 Å². The largest absolute Gasteiger partial charge is 0.357 e. The second-order valence-electron chi connectivity index (χ2n) is 7.49. The van der Waals surface area contributed by atoms with Crippen molar-refractivity contribution in [1.29, 1.82) is 0 Å². The van der Waals surface area contributed by atoms with Crippen LogP contribution < -0.4 is 5.32 Å². The molecule has 29 heavy (non-hydrogen) atoms. The van der Waals surface area contributed by atoms with Gasteiger partial charge in [0.15, 0.2) is 0 Å². The van der Waals surface area contributed by atoms with Crippen molar-refractivity contribution in [1.82, 2.24) is 29.5 Å². The highest BCUT2D eigenvalue weighted by atomic mass is 16.2. The third-order valence-corrected chi connectivity index (χ3v) is 5.71. The SMILES string of the molecule is CC[C@H](C(=O)N1CCc2nc(NC)nc(C(=O)N3CCCC3)c2C1)n1cccn1. The minimum atomic E-state index is -0.346. The molecule has 1 atom stereocenters. The van der Waals surface area contributed by atoms with E-state index in [4.69, 9.17) is 0 Å². The Kier molecular flexibility index (Phi) is 5.46. The number of amides is 2. The number of nitrogens with zero attached hydrogens (tertiary/aromatic N) is 6. The van der Waals surface area contributed by atoms with E-state index in [0.29, 0.717) is 37.6 Å². The molecule has 2 aromatic heterocycles. The zero-order valence-corrected chi connectivity index (χ0v) is 17.0. The Morgan fingerprint density at radius 3 is 2.62 bits per heavy atom. The molecule has 2 amide bonds. The van der Waals surface area contributed by atoms with Crippen molar-refractivity contribution >= 4 is 17.8 Å². The monoisotopic (exact) mass is 397 g/mol. The predicted molar refractivity (Wildman–Crippen MR) is 107 cm³/mol. The van der Waals surface area contributed by atoms with E-state index in [9.17, 15) is 9.59 Å². The van der Waals surface area contributed by atoms with Crippen molar-refractivity contribution in [2.75, 3.05) is 32.0 Å². The molecule has 0 radical (unpaired) electrons. The molecule has 0 saturated carbocycles. The summed E-state index contributed by atoms with van der Waals surface area (Å²) in [6.07, 6.45) is 6.79. The molecular formula is C20H27N7O2. The van der Waals surface area contributed by atoms with Gasteiger partial charge in [0, 0.05) is 57.6 Å². The fraction of sp³-hybridized carbons (Fsp3) is 0.550. The number of likely N-dealkylation sites (tertiary alicyclic amines) is 1.